The van der Waals surface area contributed by atoms with Crippen molar-refractivity contribution in [3.63, 3.8) is 0 Å². The van der Waals surface area contributed by atoms with Gasteiger partial charge in [-0.1, -0.05) is 22.0 Å². The average Bonchev–Trinajstić information content (AvgIpc) is 2.45. The molecule has 0 aliphatic carbocycles. The van der Waals surface area contributed by atoms with E-state index in [1.54, 1.807) is 6.92 Å². The van der Waals surface area contributed by atoms with Gasteiger partial charge in [0.2, 0.25) is 0 Å². The van der Waals surface area contributed by atoms with Gasteiger partial charge in [-0.3, -0.25) is 0 Å². The third kappa shape index (κ3) is 2.70. The minimum atomic E-state index is -4.35. The smallest absolute Gasteiger partial charge is 0.236 e. The molecule has 22 heavy (non-hydrogen) atoms. The van der Waals surface area contributed by atoms with Crippen LogP contribution in [0, 0.1) is 6.92 Å². The SMILES string of the molecule is Cc1cc(C(F)(F)F)ccc1-c1ncnc2cc(Br)ccc12. The van der Waals surface area contributed by atoms with Crippen LogP contribution >= 0.6 is 15.9 Å². The summed E-state index contributed by atoms with van der Waals surface area (Å²) in [5.74, 6) is 0. The van der Waals surface area contributed by atoms with Crippen molar-refractivity contribution in [2.45, 2.75) is 13.1 Å². The lowest BCUT2D eigenvalue weighted by Crippen LogP contribution is -2.05. The maximum atomic E-state index is 12.8. The van der Waals surface area contributed by atoms with Crippen LogP contribution in [0.3, 0.4) is 0 Å². The Labute approximate surface area is 133 Å². The van der Waals surface area contributed by atoms with Crippen LogP contribution in [0.15, 0.2) is 47.2 Å². The summed E-state index contributed by atoms with van der Waals surface area (Å²) in [6.07, 6.45) is -2.93. The molecule has 3 aromatic rings. The highest BCUT2D eigenvalue weighted by Gasteiger charge is 2.30. The Bertz CT molecular complexity index is 860. The van der Waals surface area contributed by atoms with Crippen LogP contribution in [0.4, 0.5) is 13.2 Å². The Kier molecular flexibility index (Phi) is 3.64. The molecule has 3 rings (SSSR count). The zero-order valence-electron chi connectivity index (χ0n) is 11.4. The molecule has 1 aromatic heterocycles. The van der Waals surface area contributed by atoms with Crippen LogP contribution in [0.2, 0.25) is 0 Å². The van der Waals surface area contributed by atoms with Gasteiger partial charge in [-0.15, -0.1) is 0 Å². The second-order valence-electron chi connectivity index (χ2n) is 4.91. The number of alkyl halides is 3. The summed E-state index contributed by atoms with van der Waals surface area (Å²) < 4.78 is 39.2. The Balaban J connectivity index is 2.20. The van der Waals surface area contributed by atoms with E-state index in [2.05, 4.69) is 25.9 Å². The maximum absolute atomic E-state index is 12.8. The first-order chi connectivity index (χ1) is 10.4. The molecule has 2 aromatic carbocycles. The van der Waals surface area contributed by atoms with Crippen molar-refractivity contribution in [2.24, 2.45) is 0 Å². The molecule has 0 N–H and O–H groups in total. The third-order valence-electron chi connectivity index (χ3n) is 3.41. The number of rotatable bonds is 1. The van der Waals surface area contributed by atoms with E-state index in [1.165, 1.54) is 12.4 Å². The molecule has 112 valence electrons. The van der Waals surface area contributed by atoms with Crippen LogP contribution in [0.25, 0.3) is 22.2 Å². The number of benzene rings is 2. The van der Waals surface area contributed by atoms with E-state index < -0.39 is 11.7 Å². The van der Waals surface area contributed by atoms with Gasteiger partial charge in [0.15, 0.2) is 0 Å². The number of nitrogens with zero attached hydrogens (tertiary/aromatic N) is 2. The topological polar surface area (TPSA) is 25.8 Å². The summed E-state index contributed by atoms with van der Waals surface area (Å²) in [4.78, 5) is 8.45. The van der Waals surface area contributed by atoms with Gasteiger partial charge in [0.05, 0.1) is 16.8 Å². The third-order valence-corrected chi connectivity index (χ3v) is 3.90. The Hall–Kier alpha value is -1.95. The van der Waals surface area contributed by atoms with Crippen LogP contribution in [0.1, 0.15) is 11.1 Å². The van der Waals surface area contributed by atoms with Gasteiger partial charge in [-0.05, 0) is 42.8 Å². The highest BCUT2D eigenvalue weighted by Crippen LogP contribution is 2.34. The summed E-state index contributed by atoms with van der Waals surface area (Å²) in [6, 6.07) is 9.24. The highest BCUT2D eigenvalue weighted by atomic mass is 79.9. The van der Waals surface area contributed by atoms with Crippen molar-refractivity contribution in [1.29, 1.82) is 0 Å². The van der Waals surface area contributed by atoms with Gasteiger partial charge in [0.25, 0.3) is 0 Å². The largest absolute Gasteiger partial charge is 0.416 e. The van der Waals surface area contributed by atoms with E-state index in [0.29, 0.717) is 16.8 Å². The first kappa shape index (κ1) is 15.0. The van der Waals surface area contributed by atoms with E-state index in [1.807, 2.05) is 18.2 Å². The second-order valence-corrected chi connectivity index (χ2v) is 5.83. The molecular formula is C16H10BrF3N2. The van der Waals surface area contributed by atoms with Crippen molar-refractivity contribution in [2.75, 3.05) is 0 Å². The first-order valence-corrected chi connectivity index (χ1v) is 7.24. The lowest BCUT2D eigenvalue weighted by Gasteiger charge is -2.12. The summed E-state index contributed by atoms with van der Waals surface area (Å²) >= 11 is 3.37. The van der Waals surface area contributed by atoms with Gasteiger partial charge in [0, 0.05) is 15.4 Å². The molecule has 0 spiro atoms. The second kappa shape index (κ2) is 5.35. The molecule has 0 fully saturated rings. The fourth-order valence-electron chi connectivity index (χ4n) is 2.35. The van der Waals surface area contributed by atoms with Gasteiger partial charge < -0.3 is 0 Å². The number of aromatic nitrogens is 2. The molecule has 1 heterocycles. The molecule has 0 amide bonds. The minimum absolute atomic E-state index is 0.526. The van der Waals surface area contributed by atoms with E-state index in [-0.39, 0.29) is 0 Å². The summed E-state index contributed by atoms with van der Waals surface area (Å²) in [5, 5.41) is 0.800. The number of hydrogen-bond acceptors (Lipinski definition) is 2. The fourth-order valence-corrected chi connectivity index (χ4v) is 2.70. The number of fused-ring (bicyclic) bond motifs is 1. The predicted molar refractivity (Wildman–Crippen MR) is 82.4 cm³/mol. The molecule has 0 atom stereocenters. The molecule has 0 radical (unpaired) electrons. The molecule has 6 heteroatoms. The van der Waals surface area contributed by atoms with Gasteiger partial charge in [-0.2, -0.15) is 13.2 Å². The maximum Gasteiger partial charge on any atom is 0.416 e. The van der Waals surface area contributed by atoms with Crippen molar-refractivity contribution >= 4 is 26.8 Å². The Morgan fingerprint density at radius 2 is 1.77 bits per heavy atom. The summed E-state index contributed by atoms with van der Waals surface area (Å²) in [5.41, 5.74) is 1.90. The number of hydrogen-bond donors (Lipinski definition) is 0. The van der Waals surface area contributed by atoms with Gasteiger partial charge >= 0.3 is 6.18 Å². The molecule has 0 unspecified atom stereocenters. The highest BCUT2D eigenvalue weighted by molar-refractivity contribution is 9.10. The van der Waals surface area contributed by atoms with Gasteiger partial charge in [-0.25, -0.2) is 9.97 Å². The van der Waals surface area contributed by atoms with Crippen molar-refractivity contribution in [3.05, 3.63) is 58.3 Å². The normalized spacial score (nSPS) is 11.9. The lowest BCUT2D eigenvalue weighted by molar-refractivity contribution is -0.137. The monoisotopic (exact) mass is 366 g/mol. The fraction of sp³-hybridized carbons (Fsp3) is 0.125. The van der Waals surface area contributed by atoms with E-state index in [9.17, 15) is 13.2 Å². The van der Waals surface area contributed by atoms with Crippen LogP contribution < -0.4 is 0 Å². The Morgan fingerprint density at radius 1 is 1.00 bits per heavy atom. The molecular weight excluding hydrogens is 357 g/mol. The average molecular weight is 367 g/mol. The minimum Gasteiger partial charge on any atom is -0.236 e. The molecule has 0 saturated heterocycles. The number of halogens is 4. The molecule has 0 bridgehead atoms. The van der Waals surface area contributed by atoms with Crippen molar-refractivity contribution in [1.82, 2.24) is 9.97 Å². The standard InChI is InChI=1S/C16H10BrF3N2/c1-9-6-10(16(18,19)20)2-4-12(9)15-13-5-3-11(17)7-14(13)21-8-22-15/h2-8H,1H3. The molecule has 0 saturated carbocycles. The van der Waals surface area contributed by atoms with Crippen molar-refractivity contribution in [3.8, 4) is 11.3 Å². The van der Waals surface area contributed by atoms with Crippen molar-refractivity contribution < 1.29 is 13.2 Å². The zero-order chi connectivity index (χ0) is 15.9. The predicted octanol–water partition coefficient (Wildman–Crippen LogP) is 5.39. The van der Waals surface area contributed by atoms with Crippen LogP contribution in [0.5, 0.6) is 0 Å². The first-order valence-electron chi connectivity index (χ1n) is 6.45. The summed E-state index contributed by atoms with van der Waals surface area (Å²) in [7, 11) is 0. The molecule has 0 aliphatic rings. The van der Waals surface area contributed by atoms with E-state index in [4.69, 9.17) is 0 Å². The van der Waals surface area contributed by atoms with E-state index in [0.717, 1.165) is 27.5 Å². The van der Waals surface area contributed by atoms with Gasteiger partial charge in [0.1, 0.15) is 6.33 Å². The zero-order valence-corrected chi connectivity index (χ0v) is 13.0. The Morgan fingerprint density at radius 3 is 2.45 bits per heavy atom. The van der Waals surface area contributed by atoms with Crippen LogP contribution in [-0.4, -0.2) is 9.97 Å². The summed E-state index contributed by atoms with van der Waals surface area (Å²) in [6.45, 7) is 1.65. The number of aryl methyl sites for hydroxylation is 1. The quantitative estimate of drug-likeness (QED) is 0.577. The van der Waals surface area contributed by atoms with Crippen LogP contribution in [-0.2, 0) is 6.18 Å². The molecule has 2 nitrogen and oxygen atoms in total. The molecule has 0 aliphatic heterocycles. The lowest BCUT2D eigenvalue weighted by atomic mass is 9.99. The van der Waals surface area contributed by atoms with E-state index >= 15 is 0 Å².